The van der Waals surface area contributed by atoms with Crippen LogP contribution < -0.4 is 4.74 Å². The molecule has 0 spiro atoms. The Morgan fingerprint density at radius 1 is 1.10 bits per heavy atom. The smallest absolute Gasteiger partial charge is 0.257 e. The quantitative estimate of drug-likeness (QED) is 0.604. The van der Waals surface area contributed by atoms with Gasteiger partial charge in [0.05, 0.1) is 18.4 Å². The molecule has 29 heavy (non-hydrogen) atoms. The molecule has 5 nitrogen and oxygen atoms in total. The number of carbonyl (C=O) groups is 1. The van der Waals surface area contributed by atoms with Crippen molar-refractivity contribution in [3.8, 4) is 16.3 Å². The molecule has 150 valence electrons. The molecule has 1 aromatic heterocycles. The van der Waals surface area contributed by atoms with Gasteiger partial charge in [-0.25, -0.2) is 4.98 Å². The van der Waals surface area contributed by atoms with Crippen molar-refractivity contribution < 1.29 is 9.53 Å². The average Bonchev–Trinajstić information content (AvgIpc) is 3.22. The van der Waals surface area contributed by atoms with Gasteiger partial charge < -0.3 is 9.64 Å². The van der Waals surface area contributed by atoms with E-state index in [1.807, 2.05) is 53.4 Å². The number of thiazole rings is 1. The summed E-state index contributed by atoms with van der Waals surface area (Å²) in [6.45, 7) is 3.85. The second kappa shape index (κ2) is 8.95. The third-order valence-electron chi connectivity index (χ3n) is 5.03. The van der Waals surface area contributed by atoms with E-state index >= 15 is 0 Å². The Morgan fingerprint density at radius 3 is 2.55 bits per heavy atom. The zero-order valence-electron chi connectivity index (χ0n) is 16.2. The SMILES string of the molecule is COc1ccccc1C(=O)N1CCN(Cc2csc(-c3ccc(Cl)cc3)n2)CC1. The number of amides is 1. The third-order valence-corrected chi connectivity index (χ3v) is 6.22. The van der Waals surface area contributed by atoms with Crippen LogP contribution in [-0.4, -0.2) is 54.0 Å². The van der Waals surface area contributed by atoms with Gasteiger partial charge in [0.2, 0.25) is 0 Å². The summed E-state index contributed by atoms with van der Waals surface area (Å²) in [6, 6.07) is 15.1. The van der Waals surface area contributed by atoms with Gasteiger partial charge in [-0.1, -0.05) is 35.9 Å². The van der Waals surface area contributed by atoms with Gasteiger partial charge in [0.15, 0.2) is 0 Å². The molecule has 0 bridgehead atoms. The van der Waals surface area contributed by atoms with Crippen LogP contribution in [-0.2, 0) is 6.54 Å². The number of nitrogens with zero attached hydrogens (tertiary/aromatic N) is 3. The largest absolute Gasteiger partial charge is 0.496 e. The van der Waals surface area contributed by atoms with Gasteiger partial charge in [-0.3, -0.25) is 9.69 Å². The summed E-state index contributed by atoms with van der Waals surface area (Å²) in [4.78, 5) is 21.8. The van der Waals surface area contributed by atoms with E-state index in [-0.39, 0.29) is 5.91 Å². The van der Waals surface area contributed by atoms with Crippen LogP contribution in [0.3, 0.4) is 0 Å². The summed E-state index contributed by atoms with van der Waals surface area (Å²) in [7, 11) is 1.59. The van der Waals surface area contributed by atoms with Gasteiger partial charge in [-0.05, 0) is 24.3 Å². The van der Waals surface area contributed by atoms with E-state index < -0.39 is 0 Å². The first-order chi connectivity index (χ1) is 14.1. The van der Waals surface area contributed by atoms with Crippen LogP contribution >= 0.6 is 22.9 Å². The lowest BCUT2D eigenvalue weighted by Crippen LogP contribution is -2.48. The molecular formula is C22H22ClN3O2S. The minimum Gasteiger partial charge on any atom is -0.496 e. The molecule has 1 aliphatic rings. The topological polar surface area (TPSA) is 45.7 Å². The molecule has 0 aliphatic carbocycles. The maximum Gasteiger partial charge on any atom is 0.257 e. The van der Waals surface area contributed by atoms with Gasteiger partial charge in [-0.15, -0.1) is 11.3 Å². The van der Waals surface area contributed by atoms with Crippen molar-refractivity contribution in [1.29, 1.82) is 0 Å². The molecule has 4 rings (SSSR count). The molecule has 0 unspecified atom stereocenters. The standard InChI is InChI=1S/C22H22ClN3O2S/c1-28-20-5-3-2-4-19(20)22(27)26-12-10-25(11-13-26)14-18-15-29-21(24-18)16-6-8-17(23)9-7-16/h2-9,15H,10-14H2,1H3. The second-order valence-corrected chi connectivity index (χ2v) is 8.21. The summed E-state index contributed by atoms with van der Waals surface area (Å²) in [5, 5.41) is 3.84. The summed E-state index contributed by atoms with van der Waals surface area (Å²) < 4.78 is 5.33. The monoisotopic (exact) mass is 427 g/mol. The lowest BCUT2D eigenvalue weighted by atomic mass is 10.1. The van der Waals surface area contributed by atoms with Crippen molar-refractivity contribution in [2.75, 3.05) is 33.3 Å². The maximum atomic E-state index is 12.8. The van der Waals surface area contributed by atoms with Crippen LogP contribution in [0, 0.1) is 0 Å². The summed E-state index contributed by atoms with van der Waals surface area (Å²) >= 11 is 7.61. The molecular weight excluding hydrogens is 406 g/mol. The molecule has 7 heteroatoms. The van der Waals surface area contributed by atoms with E-state index in [2.05, 4.69) is 10.3 Å². The van der Waals surface area contributed by atoms with Gasteiger partial charge in [0.1, 0.15) is 10.8 Å². The highest BCUT2D eigenvalue weighted by Gasteiger charge is 2.24. The molecule has 0 N–H and O–H groups in total. The van der Waals surface area contributed by atoms with E-state index in [1.165, 1.54) is 0 Å². The van der Waals surface area contributed by atoms with Crippen LogP contribution in [0.2, 0.25) is 5.02 Å². The van der Waals surface area contributed by atoms with Crippen LogP contribution in [0.4, 0.5) is 0 Å². The van der Waals surface area contributed by atoms with Crippen molar-refractivity contribution in [3.05, 3.63) is 70.2 Å². The Kier molecular flexibility index (Phi) is 6.13. The number of para-hydroxylation sites is 1. The highest BCUT2D eigenvalue weighted by Crippen LogP contribution is 2.26. The fraction of sp³-hybridized carbons (Fsp3) is 0.273. The number of benzene rings is 2. The summed E-state index contributed by atoms with van der Waals surface area (Å²) in [5.74, 6) is 0.651. The third kappa shape index (κ3) is 4.61. The Hall–Kier alpha value is -2.41. The number of hydrogen-bond acceptors (Lipinski definition) is 5. The molecule has 1 fully saturated rings. The molecule has 0 saturated carbocycles. The summed E-state index contributed by atoms with van der Waals surface area (Å²) in [5.41, 5.74) is 2.76. The predicted molar refractivity (Wildman–Crippen MR) is 117 cm³/mol. The van der Waals surface area contributed by atoms with E-state index in [9.17, 15) is 4.79 Å². The van der Waals surface area contributed by atoms with Crippen molar-refractivity contribution >= 4 is 28.8 Å². The molecule has 1 amide bonds. The average molecular weight is 428 g/mol. The number of rotatable bonds is 5. The van der Waals surface area contributed by atoms with Gasteiger partial charge in [0.25, 0.3) is 5.91 Å². The number of aromatic nitrogens is 1. The molecule has 1 saturated heterocycles. The molecule has 0 radical (unpaired) electrons. The van der Waals surface area contributed by atoms with E-state index in [1.54, 1.807) is 18.4 Å². The maximum absolute atomic E-state index is 12.8. The van der Waals surface area contributed by atoms with Crippen LogP contribution in [0.5, 0.6) is 5.75 Å². The Morgan fingerprint density at radius 2 is 1.83 bits per heavy atom. The zero-order chi connectivity index (χ0) is 20.2. The molecule has 3 aromatic rings. The fourth-order valence-electron chi connectivity index (χ4n) is 3.43. The zero-order valence-corrected chi connectivity index (χ0v) is 17.7. The van der Waals surface area contributed by atoms with E-state index in [0.717, 1.165) is 40.9 Å². The predicted octanol–water partition coefficient (Wildman–Crippen LogP) is 4.43. The molecule has 2 heterocycles. The minimum absolute atomic E-state index is 0.0285. The number of halogens is 1. The van der Waals surface area contributed by atoms with E-state index in [0.29, 0.717) is 24.4 Å². The fourth-order valence-corrected chi connectivity index (χ4v) is 4.38. The molecule has 2 aromatic carbocycles. The molecule has 0 atom stereocenters. The molecule has 1 aliphatic heterocycles. The number of hydrogen-bond donors (Lipinski definition) is 0. The Labute approximate surface area is 179 Å². The van der Waals surface area contributed by atoms with Crippen molar-refractivity contribution in [2.24, 2.45) is 0 Å². The number of piperazine rings is 1. The highest BCUT2D eigenvalue weighted by atomic mass is 35.5. The first-order valence-corrected chi connectivity index (χ1v) is 10.7. The second-order valence-electron chi connectivity index (χ2n) is 6.92. The Bertz CT molecular complexity index is 982. The van der Waals surface area contributed by atoms with Crippen LogP contribution in [0.15, 0.2) is 53.9 Å². The lowest BCUT2D eigenvalue weighted by molar-refractivity contribution is 0.0624. The van der Waals surface area contributed by atoms with Gasteiger partial charge in [0, 0.05) is 48.7 Å². The highest BCUT2D eigenvalue weighted by molar-refractivity contribution is 7.13. The number of ether oxygens (including phenoxy) is 1. The van der Waals surface area contributed by atoms with E-state index in [4.69, 9.17) is 21.3 Å². The number of carbonyl (C=O) groups excluding carboxylic acids is 1. The van der Waals surface area contributed by atoms with Gasteiger partial charge in [-0.2, -0.15) is 0 Å². The van der Waals surface area contributed by atoms with Crippen LogP contribution in [0.1, 0.15) is 16.1 Å². The van der Waals surface area contributed by atoms with Crippen molar-refractivity contribution in [3.63, 3.8) is 0 Å². The number of methoxy groups -OCH3 is 1. The first-order valence-electron chi connectivity index (χ1n) is 9.49. The normalized spacial score (nSPS) is 14.8. The van der Waals surface area contributed by atoms with Gasteiger partial charge >= 0.3 is 0 Å². The van der Waals surface area contributed by atoms with Crippen molar-refractivity contribution in [1.82, 2.24) is 14.8 Å². The first kappa shape index (κ1) is 19.9. The van der Waals surface area contributed by atoms with Crippen molar-refractivity contribution in [2.45, 2.75) is 6.54 Å². The summed E-state index contributed by atoms with van der Waals surface area (Å²) in [6.07, 6.45) is 0. The lowest BCUT2D eigenvalue weighted by Gasteiger charge is -2.34. The van der Waals surface area contributed by atoms with Crippen LogP contribution in [0.25, 0.3) is 10.6 Å². The Balaban J connectivity index is 1.34. The minimum atomic E-state index is 0.0285.